The molecule has 0 aliphatic carbocycles. The van der Waals surface area contributed by atoms with Gasteiger partial charge in [0.2, 0.25) is 5.95 Å². The summed E-state index contributed by atoms with van der Waals surface area (Å²) >= 11 is 0. The van der Waals surface area contributed by atoms with Crippen molar-refractivity contribution in [1.82, 2.24) is 29.1 Å². The molecule has 0 radical (unpaired) electrons. The van der Waals surface area contributed by atoms with Crippen molar-refractivity contribution in [1.29, 1.82) is 0 Å². The smallest absolute Gasteiger partial charge is 0.386 e. The molecule has 3 aliphatic heterocycles. The molecule has 3 fully saturated rings. The highest BCUT2D eigenvalue weighted by Gasteiger charge is 2.53. The molecule has 4 unspecified atom stereocenters. The number of fused-ring (bicyclic) bond motifs is 3. The Balaban J connectivity index is 1.29. The minimum Gasteiger partial charge on any atom is -0.386 e. The summed E-state index contributed by atoms with van der Waals surface area (Å²) < 4.78 is 59.3. The van der Waals surface area contributed by atoms with Gasteiger partial charge in [0.15, 0.2) is 23.6 Å². The first kappa shape index (κ1) is 29.9. The van der Waals surface area contributed by atoms with E-state index in [1.54, 1.807) is 0 Å². The Morgan fingerprint density at radius 2 is 1.47 bits per heavy atom. The summed E-state index contributed by atoms with van der Waals surface area (Å²) in [5.74, 6) is -0.285. The Morgan fingerprint density at radius 1 is 0.907 bits per heavy atom. The molecule has 8 N–H and O–H groups in total. The lowest BCUT2D eigenvalue weighted by Crippen LogP contribution is -2.40. The van der Waals surface area contributed by atoms with Crippen LogP contribution in [0.15, 0.2) is 33.0 Å². The summed E-state index contributed by atoms with van der Waals surface area (Å²) in [5.41, 5.74) is 2.85. The molecular weight excluding hydrogens is 628 g/mol. The van der Waals surface area contributed by atoms with Crippen molar-refractivity contribution in [2.24, 2.45) is 0 Å². The number of hydrogen-bond acceptors (Lipinski definition) is 16. The number of phosphoric ester groups is 2. The van der Waals surface area contributed by atoms with E-state index in [2.05, 4.69) is 15.0 Å². The number of nitrogens with two attached hydrogens (primary N) is 1. The number of ether oxygens (including phenoxy) is 2. The second kappa shape index (κ2) is 10.8. The molecule has 6 rings (SSSR count). The second-order valence-electron chi connectivity index (χ2n) is 9.57. The van der Waals surface area contributed by atoms with E-state index in [4.69, 9.17) is 33.3 Å². The second-order valence-corrected chi connectivity index (χ2v) is 12.4. The summed E-state index contributed by atoms with van der Waals surface area (Å²) in [6, 6.07) is 0.947. The molecule has 0 aromatic carbocycles. The third-order valence-corrected chi connectivity index (χ3v) is 8.75. The van der Waals surface area contributed by atoms with Crippen molar-refractivity contribution in [3.8, 4) is 0 Å². The zero-order valence-electron chi connectivity index (χ0n) is 21.3. The number of aromatic nitrogens is 6. The van der Waals surface area contributed by atoms with Gasteiger partial charge in [0.25, 0.3) is 11.1 Å². The van der Waals surface area contributed by atoms with Crippen LogP contribution in [-0.4, -0.2) is 98.9 Å². The standard InChI is InChI=1S/C19H23N7O15P2/c20-18-23-14-9(15(30)24-18)21-5-26(14)17-11(29)13-7(39-17)4-37-42(32,33)40-12-6(3-36-43(34,35)41-13)38-16(10(12)28)25-2-1-8(27)22-19(25)31/h1-2,5-7,10-13,16-17,28-29H,3-4H2,(H,32,33)(H,34,35)(H,22,27,31)(H3,20,23,24,30)/t6-,7-,10?,11?,12-,13-,16+,17+/m0/s1. The van der Waals surface area contributed by atoms with Crippen LogP contribution in [0.3, 0.4) is 0 Å². The monoisotopic (exact) mass is 651 g/mol. The minimum atomic E-state index is -5.10. The molecule has 6 heterocycles. The number of phosphoric acid groups is 2. The van der Waals surface area contributed by atoms with E-state index in [1.165, 1.54) is 0 Å². The third kappa shape index (κ3) is 5.64. The normalized spacial score (nSPS) is 38.7. The number of nitrogen functional groups attached to an aromatic ring is 1. The Bertz CT molecular complexity index is 1820. The predicted molar refractivity (Wildman–Crippen MR) is 135 cm³/mol. The van der Waals surface area contributed by atoms with Crippen LogP contribution in [-0.2, 0) is 36.7 Å². The van der Waals surface area contributed by atoms with Gasteiger partial charge in [-0.25, -0.2) is 18.9 Å². The zero-order valence-corrected chi connectivity index (χ0v) is 23.1. The summed E-state index contributed by atoms with van der Waals surface area (Å²) in [6.45, 7) is -1.79. The van der Waals surface area contributed by atoms with Gasteiger partial charge >= 0.3 is 21.3 Å². The van der Waals surface area contributed by atoms with Gasteiger partial charge in [-0.15, -0.1) is 0 Å². The molecule has 24 heteroatoms. The first-order chi connectivity index (χ1) is 20.2. The van der Waals surface area contributed by atoms with Crippen LogP contribution in [0.5, 0.6) is 0 Å². The van der Waals surface area contributed by atoms with Crippen molar-refractivity contribution < 1.29 is 56.7 Å². The lowest BCUT2D eigenvalue weighted by molar-refractivity contribution is -0.0675. The van der Waals surface area contributed by atoms with Crippen LogP contribution in [0.25, 0.3) is 11.2 Å². The van der Waals surface area contributed by atoms with Gasteiger partial charge in [0.1, 0.15) is 36.6 Å². The molecule has 22 nitrogen and oxygen atoms in total. The molecule has 234 valence electrons. The largest absolute Gasteiger partial charge is 0.472 e. The van der Waals surface area contributed by atoms with Crippen LogP contribution in [0, 0.1) is 0 Å². The highest BCUT2D eigenvalue weighted by Crippen LogP contribution is 2.53. The Morgan fingerprint density at radius 3 is 2.02 bits per heavy atom. The fourth-order valence-corrected chi connectivity index (χ4v) is 6.82. The number of rotatable bonds is 2. The Hall–Kier alpha value is -3.11. The highest BCUT2D eigenvalue weighted by atomic mass is 31.2. The molecule has 0 bridgehead atoms. The number of nitrogens with one attached hydrogen (secondary N) is 2. The van der Waals surface area contributed by atoms with Gasteiger partial charge in [-0.1, -0.05) is 0 Å². The van der Waals surface area contributed by atoms with Crippen LogP contribution in [0.2, 0.25) is 0 Å². The van der Waals surface area contributed by atoms with Gasteiger partial charge in [-0.3, -0.25) is 46.8 Å². The molecule has 0 saturated carbocycles. The first-order valence-electron chi connectivity index (χ1n) is 12.3. The van der Waals surface area contributed by atoms with Gasteiger partial charge < -0.3 is 35.2 Å². The average molecular weight is 651 g/mol. The lowest BCUT2D eigenvalue weighted by atomic mass is 10.1. The van der Waals surface area contributed by atoms with Gasteiger partial charge in [0.05, 0.1) is 19.5 Å². The highest BCUT2D eigenvalue weighted by molar-refractivity contribution is 7.47. The number of aromatic amines is 2. The molecule has 3 saturated heterocycles. The van der Waals surface area contributed by atoms with E-state index in [1.807, 2.05) is 4.98 Å². The Kier molecular flexibility index (Phi) is 7.52. The molecule has 0 amide bonds. The molecule has 10 atom stereocenters. The van der Waals surface area contributed by atoms with E-state index in [0.717, 1.165) is 27.7 Å². The summed E-state index contributed by atoms with van der Waals surface area (Å²) in [7, 11) is -10.2. The van der Waals surface area contributed by atoms with Crippen LogP contribution in [0.4, 0.5) is 5.95 Å². The number of aliphatic hydroxyl groups is 2. The quantitative estimate of drug-likeness (QED) is 0.134. The van der Waals surface area contributed by atoms with Crippen molar-refractivity contribution in [3.05, 3.63) is 49.8 Å². The van der Waals surface area contributed by atoms with E-state index < -0.39 is 94.7 Å². The van der Waals surface area contributed by atoms with E-state index in [9.17, 15) is 43.5 Å². The molecule has 43 heavy (non-hydrogen) atoms. The number of H-pyrrole nitrogens is 2. The van der Waals surface area contributed by atoms with Crippen LogP contribution in [0.1, 0.15) is 12.5 Å². The van der Waals surface area contributed by atoms with Crippen molar-refractivity contribution in [3.63, 3.8) is 0 Å². The number of hydrogen-bond donors (Lipinski definition) is 7. The lowest BCUT2D eigenvalue weighted by Gasteiger charge is -2.27. The SMILES string of the molecule is Nc1nc2c(ncn2[C@@H]2O[C@H]3COP(=O)(O)O[C@@H]4C(O)[C@H](n5ccc(=O)[nH]c5=O)O[C@H]4COP(=O)(O)O[C@@H]3C2O)c(=O)[nH]1. The van der Waals surface area contributed by atoms with E-state index >= 15 is 0 Å². The van der Waals surface area contributed by atoms with Crippen molar-refractivity contribution >= 4 is 32.8 Å². The summed E-state index contributed by atoms with van der Waals surface area (Å²) in [6.07, 6.45) is -11.3. The number of aliphatic hydroxyl groups excluding tert-OH is 2. The Labute approximate surface area is 236 Å². The predicted octanol–water partition coefficient (Wildman–Crippen LogP) is -3.21. The van der Waals surface area contributed by atoms with E-state index in [0.29, 0.717) is 0 Å². The average Bonchev–Trinajstić information content (AvgIpc) is 3.56. The third-order valence-electron chi connectivity index (χ3n) is 6.78. The maximum atomic E-state index is 12.9. The fourth-order valence-electron chi connectivity index (χ4n) is 4.89. The topological polar surface area (TPSA) is 315 Å². The number of anilines is 1. The van der Waals surface area contributed by atoms with Gasteiger partial charge in [-0.05, 0) is 0 Å². The van der Waals surface area contributed by atoms with E-state index in [-0.39, 0.29) is 17.1 Å². The fraction of sp³-hybridized carbons (Fsp3) is 0.526. The van der Waals surface area contributed by atoms with Crippen molar-refractivity contribution in [2.75, 3.05) is 18.9 Å². The number of nitrogens with zero attached hydrogens (tertiary/aromatic N) is 4. The minimum absolute atomic E-state index is 0.127. The molecule has 3 aliphatic rings. The van der Waals surface area contributed by atoms with Crippen molar-refractivity contribution in [2.45, 2.75) is 49.1 Å². The molecule has 3 aromatic heterocycles. The molecule has 3 aromatic rings. The summed E-state index contributed by atoms with van der Waals surface area (Å²) in [4.78, 5) is 68.8. The van der Waals surface area contributed by atoms with Crippen LogP contribution >= 0.6 is 15.6 Å². The first-order valence-corrected chi connectivity index (χ1v) is 15.2. The van der Waals surface area contributed by atoms with Crippen LogP contribution < -0.4 is 22.5 Å². The van der Waals surface area contributed by atoms with Gasteiger partial charge in [-0.2, -0.15) is 4.98 Å². The summed E-state index contributed by atoms with van der Waals surface area (Å²) in [5, 5.41) is 21.9. The maximum absolute atomic E-state index is 12.9. The molecular formula is C19H23N7O15P2. The van der Waals surface area contributed by atoms with Gasteiger partial charge in [0, 0.05) is 12.3 Å². The zero-order chi connectivity index (χ0) is 30.8. The maximum Gasteiger partial charge on any atom is 0.472 e. The number of imidazole rings is 1. The molecule has 0 spiro atoms.